The van der Waals surface area contributed by atoms with Crippen LogP contribution in [0.15, 0.2) is 18.2 Å². The summed E-state index contributed by atoms with van der Waals surface area (Å²) < 4.78 is 17.9. The van der Waals surface area contributed by atoms with Crippen molar-refractivity contribution in [2.45, 2.75) is 53.2 Å². The van der Waals surface area contributed by atoms with Crippen molar-refractivity contribution in [3.05, 3.63) is 40.7 Å². The molecule has 0 spiro atoms. The fourth-order valence-electron chi connectivity index (χ4n) is 3.35. The molecule has 29 heavy (non-hydrogen) atoms. The van der Waals surface area contributed by atoms with Gasteiger partial charge in [0.25, 0.3) is 0 Å². The lowest BCUT2D eigenvalue weighted by molar-refractivity contribution is -0.135. The molecule has 160 valence electrons. The van der Waals surface area contributed by atoms with Gasteiger partial charge in [-0.3, -0.25) is 9.48 Å². The zero-order valence-electron chi connectivity index (χ0n) is 18.6. The quantitative estimate of drug-likeness (QED) is 0.609. The lowest BCUT2D eigenvalue weighted by Gasteiger charge is -2.29. The van der Waals surface area contributed by atoms with Crippen LogP contribution in [0.5, 0.6) is 11.5 Å². The Labute approximate surface area is 173 Å². The molecule has 0 bridgehead atoms. The molecule has 0 saturated carbocycles. The van der Waals surface area contributed by atoms with Crippen molar-refractivity contribution < 1.29 is 19.0 Å². The van der Waals surface area contributed by atoms with Gasteiger partial charge in [0.05, 0.1) is 32.6 Å². The molecule has 0 aliphatic heterocycles. The third kappa shape index (κ3) is 5.50. The summed E-state index contributed by atoms with van der Waals surface area (Å²) >= 11 is 0. The molecule has 2 aromatic rings. The van der Waals surface area contributed by atoms with Crippen LogP contribution in [-0.4, -0.2) is 54.6 Å². The number of hydrogen-bond donors (Lipinski definition) is 0. The minimum atomic E-state index is -0.0530. The summed E-state index contributed by atoms with van der Waals surface area (Å²) in [6.45, 7) is 9.58. The van der Waals surface area contributed by atoms with Gasteiger partial charge in [-0.15, -0.1) is 0 Å². The molecule has 1 amide bonds. The van der Waals surface area contributed by atoms with Crippen molar-refractivity contribution in [2.75, 3.05) is 27.9 Å². The standard InChI is InChI=1S/C22H33N3O4/c1-15(14-27-5)24(13-19-8-9-20(28-6)21(12-19)29-7)22(26)10-11-25-18(4)16(2)17(3)23-25/h8-9,12,15H,10-11,13-14H2,1-7H3. The molecule has 1 aromatic heterocycles. The van der Waals surface area contributed by atoms with Crippen molar-refractivity contribution in [3.8, 4) is 11.5 Å². The number of carbonyl (C=O) groups excluding carboxylic acids is 1. The van der Waals surface area contributed by atoms with Gasteiger partial charge in [-0.2, -0.15) is 5.10 Å². The average Bonchev–Trinajstić information content (AvgIpc) is 2.96. The molecule has 2 rings (SSSR count). The minimum absolute atomic E-state index is 0.0530. The van der Waals surface area contributed by atoms with E-state index in [1.807, 2.05) is 48.6 Å². The summed E-state index contributed by atoms with van der Waals surface area (Å²) in [5.41, 5.74) is 4.25. The lowest BCUT2D eigenvalue weighted by atomic mass is 10.1. The summed E-state index contributed by atoms with van der Waals surface area (Å²) in [7, 11) is 4.86. The normalized spacial score (nSPS) is 12.0. The van der Waals surface area contributed by atoms with Crippen LogP contribution in [0.4, 0.5) is 0 Å². The monoisotopic (exact) mass is 403 g/mol. The second kappa shape index (κ2) is 10.3. The molecule has 0 saturated heterocycles. The summed E-state index contributed by atoms with van der Waals surface area (Å²) in [6, 6.07) is 5.66. The highest BCUT2D eigenvalue weighted by Crippen LogP contribution is 2.28. The fraction of sp³-hybridized carbons (Fsp3) is 0.545. The number of carbonyl (C=O) groups is 1. The third-order valence-electron chi connectivity index (χ3n) is 5.34. The Hall–Kier alpha value is -2.54. The fourth-order valence-corrected chi connectivity index (χ4v) is 3.35. The molecule has 0 radical (unpaired) electrons. The highest BCUT2D eigenvalue weighted by Gasteiger charge is 2.21. The molecule has 0 fully saturated rings. The van der Waals surface area contributed by atoms with E-state index in [0.717, 1.165) is 17.0 Å². The summed E-state index contributed by atoms with van der Waals surface area (Å²) in [4.78, 5) is 14.9. The molecule has 1 atom stereocenters. The van der Waals surface area contributed by atoms with Crippen molar-refractivity contribution in [2.24, 2.45) is 0 Å². The van der Waals surface area contributed by atoms with Gasteiger partial charge in [0, 0.05) is 32.3 Å². The predicted octanol–water partition coefficient (Wildman–Crippen LogP) is 3.28. The van der Waals surface area contributed by atoms with Gasteiger partial charge >= 0.3 is 0 Å². The predicted molar refractivity (Wildman–Crippen MR) is 112 cm³/mol. The van der Waals surface area contributed by atoms with Crippen LogP contribution in [0, 0.1) is 20.8 Å². The minimum Gasteiger partial charge on any atom is -0.493 e. The number of rotatable bonds is 10. The van der Waals surface area contributed by atoms with Crippen LogP contribution in [0.2, 0.25) is 0 Å². The maximum atomic E-state index is 13.1. The number of aryl methyl sites for hydroxylation is 2. The summed E-state index contributed by atoms with van der Waals surface area (Å²) in [5.74, 6) is 1.38. The average molecular weight is 404 g/mol. The van der Waals surface area contributed by atoms with E-state index in [1.165, 1.54) is 5.56 Å². The van der Waals surface area contributed by atoms with Gasteiger partial charge in [0.2, 0.25) is 5.91 Å². The van der Waals surface area contributed by atoms with Gasteiger partial charge in [-0.1, -0.05) is 6.07 Å². The van der Waals surface area contributed by atoms with E-state index >= 15 is 0 Å². The van der Waals surface area contributed by atoms with Crippen LogP contribution in [0.25, 0.3) is 0 Å². The first-order valence-corrected chi connectivity index (χ1v) is 9.82. The van der Waals surface area contributed by atoms with E-state index in [0.29, 0.717) is 37.6 Å². The van der Waals surface area contributed by atoms with Crippen molar-refractivity contribution in [1.82, 2.24) is 14.7 Å². The summed E-state index contributed by atoms with van der Waals surface area (Å²) in [5, 5.41) is 4.54. The maximum absolute atomic E-state index is 13.1. The lowest BCUT2D eigenvalue weighted by Crippen LogP contribution is -2.41. The molecule has 7 heteroatoms. The second-order valence-corrected chi connectivity index (χ2v) is 7.28. The smallest absolute Gasteiger partial charge is 0.225 e. The maximum Gasteiger partial charge on any atom is 0.225 e. The first-order valence-electron chi connectivity index (χ1n) is 9.82. The highest BCUT2D eigenvalue weighted by molar-refractivity contribution is 5.76. The zero-order chi connectivity index (χ0) is 21.6. The largest absolute Gasteiger partial charge is 0.493 e. The number of hydrogen-bond acceptors (Lipinski definition) is 5. The summed E-state index contributed by atoms with van der Waals surface area (Å²) in [6.07, 6.45) is 0.378. The second-order valence-electron chi connectivity index (χ2n) is 7.28. The SMILES string of the molecule is COCC(C)N(Cc1ccc(OC)c(OC)c1)C(=O)CCn1nc(C)c(C)c1C. The Kier molecular flexibility index (Phi) is 8.08. The van der Waals surface area contributed by atoms with Crippen LogP contribution >= 0.6 is 0 Å². The Morgan fingerprint density at radius 3 is 2.38 bits per heavy atom. The van der Waals surface area contributed by atoms with Gasteiger partial charge < -0.3 is 19.1 Å². The molecular formula is C22H33N3O4. The topological polar surface area (TPSA) is 65.8 Å². The molecule has 0 aliphatic rings. The first-order chi connectivity index (χ1) is 13.8. The van der Waals surface area contributed by atoms with Gasteiger partial charge in [-0.25, -0.2) is 0 Å². The number of ether oxygens (including phenoxy) is 3. The van der Waals surface area contributed by atoms with Gasteiger partial charge in [-0.05, 0) is 51.0 Å². The van der Waals surface area contributed by atoms with Crippen LogP contribution in [0.1, 0.15) is 35.9 Å². The molecule has 0 N–H and O–H groups in total. The zero-order valence-corrected chi connectivity index (χ0v) is 18.6. The van der Waals surface area contributed by atoms with Crippen molar-refractivity contribution in [1.29, 1.82) is 0 Å². The third-order valence-corrected chi connectivity index (χ3v) is 5.34. The van der Waals surface area contributed by atoms with E-state index < -0.39 is 0 Å². The van der Waals surface area contributed by atoms with Crippen LogP contribution in [-0.2, 0) is 22.6 Å². The molecule has 7 nitrogen and oxygen atoms in total. The number of methoxy groups -OCH3 is 3. The molecule has 0 aliphatic carbocycles. The van der Waals surface area contributed by atoms with E-state index in [9.17, 15) is 4.79 Å². The molecule has 1 aromatic carbocycles. The number of benzene rings is 1. The Bertz CT molecular complexity index is 832. The molecule has 1 unspecified atom stereocenters. The van der Waals surface area contributed by atoms with E-state index in [4.69, 9.17) is 14.2 Å². The van der Waals surface area contributed by atoms with Crippen LogP contribution in [0.3, 0.4) is 0 Å². The van der Waals surface area contributed by atoms with Crippen molar-refractivity contribution >= 4 is 5.91 Å². The highest BCUT2D eigenvalue weighted by atomic mass is 16.5. The van der Waals surface area contributed by atoms with E-state index in [2.05, 4.69) is 12.0 Å². The van der Waals surface area contributed by atoms with Gasteiger partial charge in [0.1, 0.15) is 0 Å². The number of amides is 1. The van der Waals surface area contributed by atoms with E-state index in [-0.39, 0.29) is 11.9 Å². The number of aromatic nitrogens is 2. The first kappa shape index (κ1) is 22.7. The Morgan fingerprint density at radius 2 is 1.83 bits per heavy atom. The Balaban J connectivity index is 2.16. The molecule has 1 heterocycles. The van der Waals surface area contributed by atoms with Crippen molar-refractivity contribution in [3.63, 3.8) is 0 Å². The van der Waals surface area contributed by atoms with E-state index in [1.54, 1.807) is 21.3 Å². The van der Waals surface area contributed by atoms with Gasteiger partial charge in [0.15, 0.2) is 11.5 Å². The number of nitrogens with zero attached hydrogens (tertiary/aromatic N) is 3. The molecular weight excluding hydrogens is 370 g/mol. The van der Waals surface area contributed by atoms with Crippen LogP contribution < -0.4 is 9.47 Å². The Morgan fingerprint density at radius 1 is 1.14 bits per heavy atom.